The van der Waals surface area contributed by atoms with Gasteiger partial charge in [0.2, 0.25) is 5.16 Å². The number of hydrogen-bond donors (Lipinski definition) is 1. The maximum Gasteiger partial charge on any atom is 0.336 e. The van der Waals surface area contributed by atoms with Gasteiger partial charge in [-0.25, -0.2) is 27.3 Å². The number of fused-ring (bicyclic) bond motifs is 1. The molecule has 2 aromatic heterocycles. The van der Waals surface area contributed by atoms with Gasteiger partial charge in [0.25, 0.3) is 0 Å². The standard InChI is InChI=1S/C27H17F4N3O4S/c28-15-3-6-19(21(30)9-15)25-26(20-7-4-16(29)10-22(20)31)33-34-27(32-25)39-13-17(35)12-37-18-5-1-14-2-8-24(36)38-23(14)11-18/h1-11,17,35H,12-13H2. The van der Waals surface area contributed by atoms with Crippen LogP contribution in [-0.2, 0) is 0 Å². The highest BCUT2D eigenvalue weighted by molar-refractivity contribution is 7.99. The second-order valence-corrected chi connectivity index (χ2v) is 9.26. The summed E-state index contributed by atoms with van der Waals surface area (Å²) in [7, 11) is 0. The molecule has 7 nitrogen and oxygen atoms in total. The monoisotopic (exact) mass is 555 g/mol. The fraction of sp³-hybridized carbons (Fsp3) is 0.111. The van der Waals surface area contributed by atoms with Gasteiger partial charge in [0.05, 0.1) is 6.10 Å². The number of benzene rings is 3. The fourth-order valence-electron chi connectivity index (χ4n) is 3.65. The van der Waals surface area contributed by atoms with Crippen molar-refractivity contribution in [3.8, 4) is 28.3 Å². The van der Waals surface area contributed by atoms with Crippen molar-refractivity contribution in [3.63, 3.8) is 0 Å². The topological polar surface area (TPSA) is 98.3 Å². The van der Waals surface area contributed by atoms with E-state index in [1.807, 2.05) is 0 Å². The third kappa shape index (κ3) is 6.07. The summed E-state index contributed by atoms with van der Waals surface area (Å²) in [5.41, 5.74) is -0.822. The predicted molar refractivity (Wildman–Crippen MR) is 135 cm³/mol. The number of nitrogens with zero attached hydrogens (tertiary/aromatic N) is 3. The van der Waals surface area contributed by atoms with Crippen molar-refractivity contribution in [1.82, 2.24) is 15.2 Å². The van der Waals surface area contributed by atoms with Crippen LogP contribution in [0.1, 0.15) is 0 Å². The van der Waals surface area contributed by atoms with Gasteiger partial charge < -0.3 is 14.3 Å². The number of aliphatic hydroxyl groups excluding tert-OH is 1. The zero-order chi connectivity index (χ0) is 27.5. The maximum atomic E-state index is 14.7. The van der Waals surface area contributed by atoms with Crippen LogP contribution in [0.15, 0.2) is 81.1 Å². The lowest BCUT2D eigenvalue weighted by Gasteiger charge is -2.13. The lowest BCUT2D eigenvalue weighted by Crippen LogP contribution is -2.20. The summed E-state index contributed by atoms with van der Waals surface area (Å²) in [5.74, 6) is -3.15. The van der Waals surface area contributed by atoms with Crippen molar-refractivity contribution in [1.29, 1.82) is 0 Å². The lowest BCUT2D eigenvalue weighted by atomic mass is 10.0. The largest absolute Gasteiger partial charge is 0.491 e. The molecule has 0 saturated heterocycles. The highest BCUT2D eigenvalue weighted by atomic mass is 32.2. The molecule has 0 fully saturated rings. The molecule has 0 saturated carbocycles. The quantitative estimate of drug-likeness (QED) is 0.154. The second kappa shape index (κ2) is 11.2. The third-order valence-electron chi connectivity index (χ3n) is 5.48. The van der Waals surface area contributed by atoms with E-state index < -0.39 is 35.0 Å². The summed E-state index contributed by atoms with van der Waals surface area (Å²) >= 11 is 0.972. The van der Waals surface area contributed by atoms with Crippen molar-refractivity contribution >= 4 is 22.7 Å². The van der Waals surface area contributed by atoms with Gasteiger partial charge in [-0.15, -0.1) is 10.2 Å². The van der Waals surface area contributed by atoms with Gasteiger partial charge >= 0.3 is 5.63 Å². The Morgan fingerprint density at radius 2 is 1.51 bits per heavy atom. The van der Waals surface area contributed by atoms with E-state index in [4.69, 9.17) is 9.15 Å². The second-order valence-electron chi connectivity index (χ2n) is 8.27. The minimum Gasteiger partial charge on any atom is -0.491 e. The van der Waals surface area contributed by atoms with Gasteiger partial charge in [0, 0.05) is 46.5 Å². The number of ether oxygens (including phenoxy) is 1. The first-order chi connectivity index (χ1) is 18.8. The molecule has 0 amide bonds. The highest BCUT2D eigenvalue weighted by Crippen LogP contribution is 2.33. The van der Waals surface area contributed by atoms with E-state index in [0.717, 1.165) is 36.0 Å². The molecule has 0 aliphatic carbocycles. The van der Waals surface area contributed by atoms with Gasteiger partial charge in [0.1, 0.15) is 52.6 Å². The van der Waals surface area contributed by atoms with Crippen molar-refractivity contribution in [2.45, 2.75) is 11.3 Å². The van der Waals surface area contributed by atoms with Gasteiger partial charge in [-0.2, -0.15) is 0 Å². The molecule has 0 bridgehead atoms. The minimum atomic E-state index is -1.00. The summed E-state index contributed by atoms with van der Waals surface area (Å²) in [6.45, 7) is -0.124. The van der Waals surface area contributed by atoms with Crippen molar-refractivity contribution < 1.29 is 31.8 Å². The fourth-order valence-corrected chi connectivity index (χ4v) is 4.34. The van der Waals surface area contributed by atoms with Crippen molar-refractivity contribution in [3.05, 3.63) is 100 Å². The molecule has 1 N–H and O–H groups in total. The molecule has 1 unspecified atom stereocenters. The summed E-state index contributed by atoms with van der Waals surface area (Å²) in [6, 6.07) is 13.4. The number of hydrogen-bond acceptors (Lipinski definition) is 8. The van der Waals surface area contributed by atoms with Gasteiger partial charge in [0.15, 0.2) is 0 Å². The predicted octanol–water partition coefficient (Wildman–Crippen LogP) is 5.40. The Kier molecular flexibility index (Phi) is 7.57. The van der Waals surface area contributed by atoms with Crippen LogP contribution in [0.5, 0.6) is 5.75 Å². The third-order valence-corrected chi connectivity index (χ3v) is 6.46. The van der Waals surface area contributed by atoms with Crippen LogP contribution in [0.4, 0.5) is 17.6 Å². The van der Waals surface area contributed by atoms with Crippen LogP contribution in [0, 0.1) is 23.3 Å². The Morgan fingerprint density at radius 3 is 2.21 bits per heavy atom. The smallest absolute Gasteiger partial charge is 0.336 e. The lowest BCUT2D eigenvalue weighted by molar-refractivity contribution is 0.126. The van der Waals surface area contributed by atoms with Crippen molar-refractivity contribution in [2.75, 3.05) is 12.4 Å². The average molecular weight is 556 g/mol. The molecule has 3 aromatic carbocycles. The zero-order valence-electron chi connectivity index (χ0n) is 19.8. The Bertz CT molecular complexity index is 1730. The van der Waals surface area contributed by atoms with Crippen LogP contribution >= 0.6 is 11.8 Å². The Hall–Kier alpha value is -4.29. The molecular weight excluding hydrogens is 538 g/mol. The minimum absolute atomic E-state index is 0.0199. The molecule has 0 radical (unpaired) electrons. The molecule has 5 aromatic rings. The summed E-state index contributed by atoms with van der Waals surface area (Å²) < 4.78 is 66.8. The van der Waals surface area contributed by atoms with Gasteiger partial charge in [-0.3, -0.25) is 0 Å². The van der Waals surface area contributed by atoms with Crippen LogP contribution in [0.2, 0.25) is 0 Å². The molecular formula is C27H17F4N3O4S. The SMILES string of the molecule is O=c1ccc2ccc(OCC(O)CSc3nnc(-c4ccc(F)cc4F)c(-c4ccc(F)cc4F)n3)cc2o1. The first kappa shape index (κ1) is 26.3. The average Bonchev–Trinajstić information content (AvgIpc) is 2.90. The Morgan fingerprint density at radius 1 is 0.846 bits per heavy atom. The zero-order valence-corrected chi connectivity index (χ0v) is 20.6. The molecule has 5 rings (SSSR count). The molecule has 0 aliphatic rings. The van der Waals surface area contributed by atoms with E-state index in [-0.39, 0.29) is 40.0 Å². The number of thioether (sulfide) groups is 1. The molecule has 0 aliphatic heterocycles. The summed E-state index contributed by atoms with van der Waals surface area (Å²) in [5, 5.41) is 19.0. The molecule has 1 atom stereocenters. The van der Waals surface area contributed by atoms with Crippen LogP contribution in [0.25, 0.3) is 33.5 Å². The Labute approximate surface area is 222 Å². The maximum absolute atomic E-state index is 14.7. The van der Waals surface area contributed by atoms with E-state index in [2.05, 4.69) is 15.2 Å². The Balaban J connectivity index is 1.34. The van der Waals surface area contributed by atoms with E-state index >= 15 is 0 Å². The van der Waals surface area contributed by atoms with Gasteiger partial charge in [-0.1, -0.05) is 11.8 Å². The van der Waals surface area contributed by atoms with Crippen LogP contribution < -0.4 is 10.4 Å². The summed E-state index contributed by atoms with van der Waals surface area (Å²) in [6.07, 6.45) is -1.00. The highest BCUT2D eigenvalue weighted by Gasteiger charge is 2.21. The number of halogens is 4. The number of aliphatic hydroxyl groups is 1. The normalized spacial score (nSPS) is 12.0. The number of rotatable bonds is 8. The molecule has 12 heteroatoms. The first-order valence-electron chi connectivity index (χ1n) is 11.4. The van der Waals surface area contributed by atoms with E-state index in [9.17, 15) is 27.5 Å². The van der Waals surface area contributed by atoms with Crippen molar-refractivity contribution in [2.24, 2.45) is 0 Å². The van der Waals surface area contributed by atoms with Gasteiger partial charge in [-0.05, 0) is 42.5 Å². The van der Waals surface area contributed by atoms with E-state index in [1.54, 1.807) is 18.2 Å². The molecule has 2 heterocycles. The van der Waals surface area contributed by atoms with Crippen LogP contribution in [0.3, 0.4) is 0 Å². The first-order valence-corrected chi connectivity index (χ1v) is 12.4. The molecule has 39 heavy (non-hydrogen) atoms. The van der Waals surface area contributed by atoms with E-state index in [1.165, 1.54) is 12.1 Å². The number of aromatic nitrogens is 3. The van der Waals surface area contributed by atoms with E-state index in [0.29, 0.717) is 28.9 Å². The van der Waals surface area contributed by atoms with Crippen LogP contribution in [-0.4, -0.2) is 38.8 Å². The molecule has 0 spiro atoms. The molecule has 198 valence electrons. The summed E-state index contributed by atoms with van der Waals surface area (Å²) in [4.78, 5) is 15.7.